The Labute approximate surface area is 167 Å². The average Bonchev–Trinajstić information content (AvgIpc) is 2.64. The first kappa shape index (κ1) is 19.4. The Morgan fingerprint density at radius 2 is 1.93 bits per heavy atom. The molecule has 2 aromatic carbocycles. The molecule has 140 valence electrons. The van der Waals surface area contributed by atoms with Crippen LogP contribution in [0.15, 0.2) is 69.6 Å². The van der Waals surface area contributed by atoms with Crippen molar-refractivity contribution in [2.45, 2.75) is 29.7 Å². The molecule has 7 heteroatoms. The fourth-order valence-electron chi connectivity index (χ4n) is 2.81. The second-order valence-electron chi connectivity index (χ2n) is 5.89. The number of rotatable bonds is 5. The zero-order valence-corrected chi connectivity index (χ0v) is 16.5. The Morgan fingerprint density at radius 3 is 2.59 bits per heavy atom. The molecule has 2 N–H and O–H groups in total. The summed E-state index contributed by atoms with van der Waals surface area (Å²) in [7, 11) is 0. The van der Waals surface area contributed by atoms with Crippen LogP contribution in [0, 0.1) is 5.82 Å². The lowest BCUT2D eigenvalue weighted by Gasteiger charge is -2.29. The molecule has 0 radical (unpaired) electrons. The number of halogens is 1. The molecule has 1 heterocycles. The third-order valence-electron chi connectivity index (χ3n) is 4.04. The molecule has 0 amide bonds. The number of allylic oxidation sites excluding steroid dienone is 1. The van der Waals surface area contributed by atoms with Crippen molar-refractivity contribution < 1.29 is 13.9 Å². The van der Waals surface area contributed by atoms with Crippen LogP contribution >= 0.6 is 24.0 Å². The van der Waals surface area contributed by atoms with Gasteiger partial charge in [-0.05, 0) is 55.9 Å². The highest BCUT2D eigenvalue weighted by atomic mass is 32.2. The Hall–Kier alpha value is -2.38. The molecule has 27 heavy (non-hydrogen) atoms. The van der Waals surface area contributed by atoms with Gasteiger partial charge in [-0.25, -0.2) is 9.18 Å². The fourth-order valence-corrected chi connectivity index (χ4v) is 3.92. The number of hydrogen-bond acceptors (Lipinski definition) is 4. The molecule has 0 aliphatic carbocycles. The molecule has 1 aliphatic heterocycles. The highest BCUT2D eigenvalue weighted by molar-refractivity contribution is 7.99. The maximum Gasteiger partial charge on any atom is 0.338 e. The number of nitrogens with one attached hydrogen (secondary N) is 2. The van der Waals surface area contributed by atoms with Gasteiger partial charge in [-0.2, -0.15) is 0 Å². The summed E-state index contributed by atoms with van der Waals surface area (Å²) in [5.41, 5.74) is 2.05. The van der Waals surface area contributed by atoms with Crippen LogP contribution < -0.4 is 10.6 Å². The Morgan fingerprint density at radius 1 is 1.22 bits per heavy atom. The summed E-state index contributed by atoms with van der Waals surface area (Å²) in [6, 6.07) is 13.9. The van der Waals surface area contributed by atoms with E-state index in [-0.39, 0.29) is 11.8 Å². The molecule has 2 aromatic rings. The van der Waals surface area contributed by atoms with Gasteiger partial charge in [0, 0.05) is 15.5 Å². The SMILES string of the molecule is CCOC(=O)C1=C(C)NC(=S)N[C@@H]1c1ccc(Sc2ccccc2F)cc1. The van der Waals surface area contributed by atoms with Gasteiger partial charge < -0.3 is 15.4 Å². The van der Waals surface area contributed by atoms with Crippen LogP contribution in [-0.2, 0) is 9.53 Å². The number of esters is 1. The lowest BCUT2D eigenvalue weighted by molar-refractivity contribution is -0.139. The van der Waals surface area contributed by atoms with Gasteiger partial charge in [-0.15, -0.1) is 0 Å². The van der Waals surface area contributed by atoms with Crippen molar-refractivity contribution in [3.63, 3.8) is 0 Å². The molecule has 1 atom stereocenters. The van der Waals surface area contributed by atoms with Crippen molar-refractivity contribution in [1.29, 1.82) is 0 Å². The number of carbonyl (C=O) groups excluding carboxylic acids is 1. The molecular weight excluding hydrogens is 383 g/mol. The first-order chi connectivity index (χ1) is 13.0. The lowest BCUT2D eigenvalue weighted by Crippen LogP contribution is -2.45. The van der Waals surface area contributed by atoms with Crippen molar-refractivity contribution in [1.82, 2.24) is 10.6 Å². The standard InChI is InChI=1S/C20H19FN2O2S2/c1-3-25-19(24)17-12(2)22-20(26)23-18(17)13-8-10-14(11-9-13)27-16-7-5-4-6-15(16)21/h4-11,18H,3H2,1-2H3,(H2,22,23,26)/t18-/m1/s1. The minimum absolute atomic E-state index is 0.250. The molecule has 3 rings (SSSR count). The van der Waals surface area contributed by atoms with E-state index >= 15 is 0 Å². The summed E-state index contributed by atoms with van der Waals surface area (Å²) >= 11 is 6.59. The lowest BCUT2D eigenvalue weighted by atomic mass is 9.96. The molecule has 0 saturated carbocycles. The van der Waals surface area contributed by atoms with Crippen LogP contribution in [0.3, 0.4) is 0 Å². The maximum atomic E-state index is 13.8. The minimum atomic E-state index is -0.398. The van der Waals surface area contributed by atoms with Gasteiger partial charge in [-0.3, -0.25) is 0 Å². The zero-order chi connectivity index (χ0) is 19.4. The third kappa shape index (κ3) is 4.48. The zero-order valence-electron chi connectivity index (χ0n) is 14.9. The van der Waals surface area contributed by atoms with Crippen molar-refractivity contribution in [2.24, 2.45) is 0 Å². The Bertz CT molecular complexity index is 897. The molecular formula is C20H19FN2O2S2. The van der Waals surface area contributed by atoms with Crippen LogP contribution in [0.5, 0.6) is 0 Å². The largest absolute Gasteiger partial charge is 0.463 e. The highest BCUT2D eigenvalue weighted by Crippen LogP contribution is 2.32. The monoisotopic (exact) mass is 402 g/mol. The van der Waals surface area contributed by atoms with Crippen LogP contribution in [0.1, 0.15) is 25.5 Å². The number of ether oxygens (including phenoxy) is 1. The van der Waals surface area contributed by atoms with E-state index in [1.54, 1.807) is 32.0 Å². The van der Waals surface area contributed by atoms with Gasteiger partial charge in [0.05, 0.1) is 18.2 Å². The summed E-state index contributed by atoms with van der Waals surface area (Å²) < 4.78 is 19.0. The second-order valence-corrected chi connectivity index (χ2v) is 7.42. The van der Waals surface area contributed by atoms with Crippen molar-refractivity contribution in [2.75, 3.05) is 6.61 Å². The van der Waals surface area contributed by atoms with Gasteiger partial charge in [-0.1, -0.05) is 36.0 Å². The highest BCUT2D eigenvalue weighted by Gasteiger charge is 2.30. The first-order valence-electron chi connectivity index (χ1n) is 8.47. The molecule has 0 fully saturated rings. The van der Waals surface area contributed by atoms with E-state index in [9.17, 15) is 9.18 Å². The smallest absolute Gasteiger partial charge is 0.338 e. The number of benzene rings is 2. The van der Waals surface area contributed by atoms with Crippen LogP contribution in [-0.4, -0.2) is 17.7 Å². The van der Waals surface area contributed by atoms with Crippen molar-refractivity contribution in [3.8, 4) is 0 Å². The molecule has 0 saturated heterocycles. The van der Waals surface area contributed by atoms with Gasteiger partial charge in [0.25, 0.3) is 0 Å². The second kappa shape index (κ2) is 8.54. The third-order valence-corrected chi connectivity index (χ3v) is 5.32. The van der Waals surface area contributed by atoms with Gasteiger partial charge in [0.15, 0.2) is 5.11 Å². The first-order valence-corrected chi connectivity index (χ1v) is 9.69. The summed E-state index contributed by atoms with van der Waals surface area (Å²) in [6.07, 6.45) is 0. The molecule has 0 spiro atoms. The van der Waals surface area contributed by atoms with Crippen molar-refractivity contribution in [3.05, 3.63) is 71.2 Å². The number of hydrogen-bond donors (Lipinski definition) is 2. The minimum Gasteiger partial charge on any atom is -0.463 e. The topological polar surface area (TPSA) is 50.4 Å². The molecule has 4 nitrogen and oxygen atoms in total. The molecule has 1 aliphatic rings. The van der Waals surface area contributed by atoms with Gasteiger partial charge in [0.1, 0.15) is 5.82 Å². The Balaban J connectivity index is 1.86. The normalized spacial score (nSPS) is 16.6. The van der Waals surface area contributed by atoms with E-state index in [4.69, 9.17) is 17.0 Å². The molecule has 0 unspecified atom stereocenters. The number of carbonyl (C=O) groups is 1. The molecule has 0 bridgehead atoms. The van der Waals surface area contributed by atoms with Crippen molar-refractivity contribution >= 4 is 35.1 Å². The van der Waals surface area contributed by atoms with Crippen LogP contribution in [0.2, 0.25) is 0 Å². The number of thiocarbonyl (C=S) groups is 1. The summed E-state index contributed by atoms with van der Waals surface area (Å²) in [4.78, 5) is 13.9. The fraction of sp³-hybridized carbons (Fsp3) is 0.200. The van der Waals surface area contributed by atoms with E-state index in [0.717, 1.165) is 10.5 Å². The van der Waals surface area contributed by atoms with Crippen LogP contribution in [0.25, 0.3) is 0 Å². The van der Waals surface area contributed by atoms with E-state index in [1.165, 1.54) is 17.8 Å². The van der Waals surface area contributed by atoms with Crippen LogP contribution in [0.4, 0.5) is 4.39 Å². The average molecular weight is 403 g/mol. The summed E-state index contributed by atoms with van der Waals surface area (Å²) in [6.45, 7) is 3.87. The predicted octanol–water partition coefficient (Wildman–Crippen LogP) is 4.33. The van der Waals surface area contributed by atoms with E-state index in [0.29, 0.717) is 27.9 Å². The maximum absolute atomic E-state index is 13.8. The summed E-state index contributed by atoms with van der Waals surface area (Å²) in [5, 5.41) is 6.55. The predicted molar refractivity (Wildman–Crippen MR) is 108 cm³/mol. The van der Waals surface area contributed by atoms with E-state index < -0.39 is 6.04 Å². The summed E-state index contributed by atoms with van der Waals surface area (Å²) in [5.74, 6) is -0.632. The van der Waals surface area contributed by atoms with Gasteiger partial charge in [0.2, 0.25) is 0 Å². The van der Waals surface area contributed by atoms with Gasteiger partial charge >= 0.3 is 5.97 Å². The van der Waals surface area contributed by atoms with E-state index in [2.05, 4.69) is 10.6 Å². The Kier molecular flexibility index (Phi) is 6.13. The molecule has 0 aromatic heterocycles. The van der Waals surface area contributed by atoms with E-state index in [1.807, 2.05) is 24.3 Å². The quantitative estimate of drug-likeness (QED) is 0.573.